The maximum atomic E-state index is 12.5. The van der Waals surface area contributed by atoms with Crippen LogP contribution in [-0.2, 0) is 13.0 Å². The van der Waals surface area contributed by atoms with Gasteiger partial charge < -0.3 is 14.5 Å². The van der Waals surface area contributed by atoms with Gasteiger partial charge in [-0.2, -0.15) is 0 Å². The number of rotatable bonds is 4. The maximum Gasteiger partial charge on any atom is 0.415 e. The van der Waals surface area contributed by atoms with E-state index in [4.69, 9.17) is 4.74 Å². The number of aromatic nitrogens is 1. The second kappa shape index (κ2) is 7.99. The summed E-state index contributed by atoms with van der Waals surface area (Å²) in [5.74, 6) is 0.646. The number of fused-ring (bicyclic) bond motifs is 1. The van der Waals surface area contributed by atoms with Gasteiger partial charge in [-0.3, -0.25) is 4.98 Å². The van der Waals surface area contributed by atoms with Gasteiger partial charge in [0.05, 0.1) is 0 Å². The fourth-order valence-corrected chi connectivity index (χ4v) is 4.17. The molecule has 27 heavy (non-hydrogen) atoms. The first kappa shape index (κ1) is 17.8. The average Bonchev–Trinajstić information content (AvgIpc) is 3.11. The van der Waals surface area contributed by atoms with Crippen molar-refractivity contribution in [2.45, 2.75) is 51.1 Å². The summed E-state index contributed by atoms with van der Waals surface area (Å²) in [6, 6.07) is 10.4. The van der Waals surface area contributed by atoms with E-state index in [2.05, 4.69) is 28.1 Å². The van der Waals surface area contributed by atoms with Gasteiger partial charge in [0, 0.05) is 44.3 Å². The van der Waals surface area contributed by atoms with E-state index < -0.39 is 0 Å². The summed E-state index contributed by atoms with van der Waals surface area (Å²) in [6.45, 7) is 1.86. The van der Waals surface area contributed by atoms with E-state index in [-0.39, 0.29) is 6.09 Å². The molecule has 0 unspecified atom stereocenters. The molecule has 0 spiro atoms. The van der Waals surface area contributed by atoms with Gasteiger partial charge in [0.1, 0.15) is 5.75 Å². The van der Waals surface area contributed by atoms with Crippen LogP contribution in [0.5, 0.6) is 5.75 Å². The van der Waals surface area contributed by atoms with Crippen molar-refractivity contribution in [3.8, 4) is 5.75 Å². The highest BCUT2D eigenvalue weighted by atomic mass is 16.6. The Balaban J connectivity index is 1.40. The van der Waals surface area contributed by atoms with Gasteiger partial charge in [-0.25, -0.2) is 4.79 Å². The second-order valence-corrected chi connectivity index (χ2v) is 7.59. The zero-order valence-corrected chi connectivity index (χ0v) is 15.9. The van der Waals surface area contributed by atoms with E-state index in [0.717, 1.165) is 32.4 Å². The lowest BCUT2D eigenvalue weighted by atomic mass is 9.95. The van der Waals surface area contributed by atoms with Crippen molar-refractivity contribution in [2.24, 2.45) is 0 Å². The van der Waals surface area contributed by atoms with Crippen LogP contribution in [0.2, 0.25) is 0 Å². The molecule has 142 valence electrons. The van der Waals surface area contributed by atoms with Crippen molar-refractivity contribution in [1.82, 2.24) is 9.88 Å². The monoisotopic (exact) mass is 365 g/mol. The molecule has 0 N–H and O–H groups in total. The van der Waals surface area contributed by atoms with E-state index in [9.17, 15) is 4.79 Å². The van der Waals surface area contributed by atoms with E-state index >= 15 is 0 Å². The molecule has 1 aliphatic heterocycles. The van der Waals surface area contributed by atoms with Crippen LogP contribution < -0.4 is 9.64 Å². The van der Waals surface area contributed by atoms with Crippen molar-refractivity contribution < 1.29 is 9.53 Å². The Morgan fingerprint density at radius 2 is 1.96 bits per heavy atom. The fourth-order valence-electron chi connectivity index (χ4n) is 4.17. The highest BCUT2D eigenvalue weighted by Gasteiger charge is 2.24. The smallest absolute Gasteiger partial charge is 0.410 e. The van der Waals surface area contributed by atoms with Crippen molar-refractivity contribution in [3.05, 3.63) is 53.9 Å². The number of hydrogen-bond acceptors (Lipinski definition) is 4. The number of pyridine rings is 1. The number of carbonyl (C=O) groups is 1. The van der Waals surface area contributed by atoms with Crippen molar-refractivity contribution in [1.29, 1.82) is 0 Å². The number of amides is 1. The van der Waals surface area contributed by atoms with Crippen molar-refractivity contribution >= 4 is 11.8 Å². The van der Waals surface area contributed by atoms with Gasteiger partial charge in [0.15, 0.2) is 0 Å². The number of carbonyl (C=O) groups excluding carboxylic acids is 1. The number of benzene rings is 1. The van der Waals surface area contributed by atoms with Gasteiger partial charge >= 0.3 is 6.09 Å². The number of anilines is 1. The van der Waals surface area contributed by atoms with Gasteiger partial charge in [-0.05, 0) is 60.7 Å². The van der Waals surface area contributed by atoms with Crippen molar-refractivity contribution in [3.63, 3.8) is 0 Å². The minimum absolute atomic E-state index is 0.242. The molecule has 1 fully saturated rings. The topological polar surface area (TPSA) is 45.7 Å². The molecule has 5 nitrogen and oxygen atoms in total. The van der Waals surface area contributed by atoms with Gasteiger partial charge in [0.2, 0.25) is 0 Å². The predicted octanol–water partition coefficient (Wildman–Crippen LogP) is 4.41. The third-order valence-electron chi connectivity index (χ3n) is 5.78. The van der Waals surface area contributed by atoms with E-state index in [1.165, 1.54) is 36.1 Å². The Bertz CT molecular complexity index is 787. The van der Waals surface area contributed by atoms with Crippen LogP contribution in [0.15, 0.2) is 42.7 Å². The molecule has 0 radical (unpaired) electrons. The molecule has 1 amide bonds. The lowest BCUT2D eigenvalue weighted by molar-refractivity contribution is 0.133. The van der Waals surface area contributed by atoms with Crippen LogP contribution in [0, 0.1) is 0 Å². The predicted molar refractivity (Wildman–Crippen MR) is 106 cm³/mol. The molecule has 0 bridgehead atoms. The highest BCUT2D eigenvalue weighted by molar-refractivity contribution is 5.71. The molecule has 4 rings (SSSR count). The normalized spacial score (nSPS) is 16.9. The summed E-state index contributed by atoms with van der Waals surface area (Å²) in [6.07, 6.45) is 10.2. The summed E-state index contributed by atoms with van der Waals surface area (Å²) in [5, 5.41) is 0. The molecule has 2 heterocycles. The SMILES string of the molecule is CN(C(=O)Oc1ccc2c(c1)CCN2Cc1ccncc1)C1CCCCC1. The molecule has 0 atom stereocenters. The molecule has 5 heteroatoms. The lowest BCUT2D eigenvalue weighted by Crippen LogP contribution is -2.39. The highest BCUT2D eigenvalue weighted by Crippen LogP contribution is 2.32. The van der Waals surface area contributed by atoms with E-state index in [1.54, 1.807) is 4.90 Å². The zero-order valence-electron chi connectivity index (χ0n) is 15.9. The quantitative estimate of drug-likeness (QED) is 0.805. The lowest BCUT2D eigenvalue weighted by Gasteiger charge is -2.30. The second-order valence-electron chi connectivity index (χ2n) is 7.59. The summed E-state index contributed by atoms with van der Waals surface area (Å²) in [4.78, 5) is 20.7. The molecule has 2 aromatic rings. The minimum Gasteiger partial charge on any atom is -0.410 e. The van der Waals surface area contributed by atoms with Crippen LogP contribution in [-0.4, -0.2) is 35.6 Å². The number of nitrogens with zero attached hydrogens (tertiary/aromatic N) is 3. The van der Waals surface area contributed by atoms with Crippen LogP contribution in [0.3, 0.4) is 0 Å². The first-order chi connectivity index (χ1) is 13.2. The molecular formula is C22H27N3O2. The molecule has 2 aliphatic rings. The standard InChI is InChI=1S/C22H27N3O2/c1-24(19-5-3-2-4-6-19)22(26)27-20-7-8-21-18(15-20)11-14-25(21)16-17-9-12-23-13-10-17/h7-10,12-13,15,19H,2-6,11,14,16H2,1H3. The molecule has 1 saturated carbocycles. The molecule has 1 aliphatic carbocycles. The Morgan fingerprint density at radius 3 is 2.74 bits per heavy atom. The Morgan fingerprint density at radius 1 is 1.19 bits per heavy atom. The maximum absolute atomic E-state index is 12.5. The van der Waals surface area contributed by atoms with Crippen LogP contribution in [0.1, 0.15) is 43.2 Å². The Labute approximate surface area is 161 Å². The van der Waals surface area contributed by atoms with Crippen LogP contribution in [0.4, 0.5) is 10.5 Å². The largest absolute Gasteiger partial charge is 0.415 e. The molecule has 1 aromatic carbocycles. The van der Waals surface area contributed by atoms with Crippen LogP contribution in [0.25, 0.3) is 0 Å². The van der Waals surface area contributed by atoms with Gasteiger partial charge in [-0.1, -0.05) is 19.3 Å². The molecule has 1 aromatic heterocycles. The fraction of sp³-hybridized carbons (Fsp3) is 0.455. The van der Waals surface area contributed by atoms with Crippen molar-refractivity contribution in [2.75, 3.05) is 18.5 Å². The zero-order chi connectivity index (χ0) is 18.6. The summed E-state index contributed by atoms with van der Waals surface area (Å²) >= 11 is 0. The third-order valence-corrected chi connectivity index (χ3v) is 5.78. The van der Waals surface area contributed by atoms with E-state index in [0.29, 0.717) is 11.8 Å². The number of ether oxygens (including phenoxy) is 1. The molecular weight excluding hydrogens is 338 g/mol. The Kier molecular flexibility index (Phi) is 5.28. The molecule has 0 saturated heterocycles. The number of hydrogen-bond donors (Lipinski definition) is 0. The van der Waals surface area contributed by atoms with E-state index in [1.807, 2.05) is 31.6 Å². The van der Waals surface area contributed by atoms with Gasteiger partial charge in [0.25, 0.3) is 0 Å². The van der Waals surface area contributed by atoms with Gasteiger partial charge in [-0.15, -0.1) is 0 Å². The Hall–Kier alpha value is -2.56. The summed E-state index contributed by atoms with van der Waals surface area (Å²) in [7, 11) is 1.86. The van der Waals surface area contributed by atoms with Crippen LogP contribution >= 0.6 is 0 Å². The average molecular weight is 365 g/mol. The first-order valence-electron chi connectivity index (χ1n) is 9.92. The summed E-state index contributed by atoms with van der Waals surface area (Å²) < 4.78 is 5.67. The minimum atomic E-state index is -0.242. The third kappa shape index (κ3) is 4.07. The first-order valence-corrected chi connectivity index (χ1v) is 9.92. The summed E-state index contributed by atoms with van der Waals surface area (Å²) in [5.41, 5.74) is 3.73.